The summed E-state index contributed by atoms with van der Waals surface area (Å²) >= 11 is 0. The Morgan fingerprint density at radius 3 is 2.32 bits per heavy atom. The van der Waals surface area contributed by atoms with E-state index in [2.05, 4.69) is 47.2 Å². The Hall–Kier alpha value is -2.86. The van der Waals surface area contributed by atoms with Gasteiger partial charge in [-0.2, -0.15) is 0 Å². The number of hydrogen-bond donors (Lipinski definition) is 1. The second-order valence-corrected chi connectivity index (χ2v) is 7.09. The molecule has 2 aromatic rings. The standard InChI is InChI=1S/C22H27N3O3/c1-16-5-4-6-20(17(16)2)25-13-11-24(12-14-25)15-21(26)23-22(27)18-7-9-19(28-3)10-8-18/h4-10H,11-15H2,1-3H3,(H,23,26,27). The Morgan fingerprint density at radius 2 is 1.68 bits per heavy atom. The average Bonchev–Trinajstić information content (AvgIpc) is 2.71. The zero-order valence-corrected chi connectivity index (χ0v) is 16.7. The number of piperazine rings is 1. The van der Waals surface area contributed by atoms with Crippen LogP contribution in [0.25, 0.3) is 0 Å². The molecule has 1 aliphatic rings. The Labute approximate surface area is 166 Å². The highest BCUT2D eigenvalue weighted by atomic mass is 16.5. The summed E-state index contributed by atoms with van der Waals surface area (Å²) in [7, 11) is 1.57. The molecule has 0 saturated carbocycles. The van der Waals surface area contributed by atoms with E-state index in [1.807, 2.05) is 0 Å². The van der Waals surface area contributed by atoms with E-state index >= 15 is 0 Å². The van der Waals surface area contributed by atoms with Crippen LogP contribution in [0.5, 0.6) is 5.75 Å². The summed E-state index contributed by atoms with van der Waals surface area (Å²) in [6, 6.07) is 13.0. The van der Waals surface area contributed by atoms with Gasteiger partial charge >= 0.3 is 0 Å². The van der Waals surface area contributed by atoms with Crippen LogP contribution in [0.4, 0.5) is 5.69 Å². The van der Waals surface area contributed by atoms with Gasteiger partial charge in [0.15, 0.2) is 0 Å². The third kappa shape index (κ3) is 4.70. The molecule has 1 saturated heterocycles. The quantitative estimate of drug-likeness (QED) is 0.862. The highest BCUT2D eigenvalue weighted by Crippen LogP contribution is 2.23. The van der Waals surface area contributed by atoms with Gasteiger partial charge in [0.05, 0.1) is 13.7 Å². The minimum atomic E-state index is -0.387. The molecule has 0 unspecified atom stereocenters. The van der Waals surface area contributed by atoms with Gasteiger partial charge in [0.1, 0.15) is 5.75 Å². The number of ether oxygens (including phenoxy) is 1. The van der Waals surface area contributed by atoms with E-state index < -0.39 is 0 Å². The van der Waals surface area contributed by atoms with Crippen molar-refractivity contribution >= 4 is 17.5 Å². The molecule has 0 radical (unpaired) electrons. The number of rotatable bonds is 5. The number of amides is 2. The van der Waals surface area contributed by atoms with Crippen molar-refractivity contribution in [3.8, 4) is 5.75 Å². The molecule has 1 aliphatic heterocycles. The van der Waals surface area contributed by atoms with Crippen molar-refractivity contribution in [3.05, 3.63) is 59.2 Å². The fourth-order valence-electron chi connectivity index (χ4n) is 3.41. The zero-order valence-electron chi connectivity index (χ0n) is 16.7. The molecule has 2 aromatic carbocycles. The lowest BCUT2D eigenvalue weighted by atomic mass is 10.1. The van der Waals surface area contributed by atoms with Crippen LogP contribution in [0, 0.1) is 13.8 Å². The van der Waals surface area contributed by atoms with Crippen LogP contribution in [0.1, 0.15) is 21.5 Å². The first-order valence-electron chi connectivity index (χ1n) is 9.49. The average molecular weight is 381 g/mol. The summed E-state index contributed by atoms with van der Waals surface area (Å²) in [5.74, 6) is 0.00673. The minimum Gasteiger partial charge on any atom is -0.497 e. The summed E-state index contributed by atoms with van der Waals surface area (Å²) in [6.45, 7) is 7.81. The summed E-state index contributed by atoms with van der Waals surface area (Å²) in [6.07, 6.45) is 0. The van der Waals surface area contributed by atoms with Crippen molar-refractivity contribution in [2.45, 2.75) is 13.8 Å². The largest absolute Gasteiger partial charge is 0.497 e. The molecule has 0 aliphatic carbocycles. The van der Waals surface area contributed by atoms with E-state index in [4.69, 9.17) is 4.74 Å². The third-order valence-corrected chi connectivity index (χ3v) is 5.26. The summed E-state index contributed by atoms with van der Waals surface area (Å²) in [5, 5.41) is 2.47. The predicted molar refractivity (Wildman–Crippen MR) is 110 cm³/mol. The first-order chi connectivity index (χ1) is 13.5. The van der Waals surface area contributed by atoms with Crippen molar-refractivity contribution in [2.24, 2.45) is 0 Å². The second-order valence-electron chi connectivity index (χ2n) is 7.09. The van der Waals surface area contributed by atoms with Crippen molar-refractivity contribution < 1.29 is 14.3 Å². The van der Waals surface area contributed by atoms with E-state index in [9.17, 15) is 9.59 Å². The third-order valence-electron chi connectivity index (χ3n) is 5.26. The van der Waals surface area contributed by atoms with Crippen LogP contribution in [0.3, 0.4) is 0 Å². The van der Waals surface area contributed by atoms with Crippen LogP contribution in [-0.2, 0) is 4.79 Å². The molecule has 0 aromatic heterocycles. The Kier molecular flexibility index (Phi) is 6.31. The van der Waals surface area contributed by atoms with Gasteiger partial charge in [-0.05, 0) is 55.3 Å². The Morgan fingerprint density at radius 1 is 1.00 bits per heavy atom. The number of carbonyl (C=O) groups excluding carboxylic acids is 2. The van der Waals surface area contributed by atoms with E-state index in [0.717, 1.165) is 26.2 Å². The monoisotopic (exact) mass is 381 g/mol. The van der Waals surface area contributed by atoms with E-state index in [0.29, 0.717) is 11.3 Å². The van der Waals surface area contributed by atoms with Gasteiger partial charge in [-0.3, -0.25) is 19.8 Å². The smallest absolute Gasteiger partial charge is 0.257 e. The van der Waals surface area contributed by atoms with Gasteiger partial charge in [-0.25, -0.2) is 0 Å². The molecule has 1 heterocycles. The number of nitrogens with one attached hydrogen (secondary N) is 1. The lowest BCUT2D eigenvalue weighted by Crippen LogP contribution is -2.50. The molecule has 1 N–H and O–H groups in total. The number of benzene rings is 2. The van der Waals surface area contributed by atoms with E-state index in [-0.39, 0.29) is 18.4 Å². The van der Waals surface area contributed by atoms with Gasteiger partial charge in [0.25, 0.3) is 5.91 Å². The molecule has 0 atom stereocenters. The number of nitrogens with zero attached hydrogens (tertiary/aromatic N) is 2. The Balaban J connectivity index is 1.49. The molecule has 6 heteroatoms. The number of aryl methyl sites for hydroxylation is 1. The van der Waals surface area contributed by atoms with Gasteiger partial charge in [0, 0.05) is 37.4 Å². The van der Waals surface area contributed by atoms with Crippen LogP contribution >= 0.6 is 0 Å². The fourth-order valence-corrected chi connectivity index (χ4v) is 3.41. The van der Waals surface area contributed by atoms with E-state index in [1.54, 1.807) is 31.4 Å². The highest BCUT2D eigenvalue weighted by Gasteiger charge is 2.21. The van der Waals surface area contributed by atoms with Crippen LogP contribution in [0.2, 0.25) is 0 Å². The first kappa shape index (κ1) is 19.9. The van der Waals surface area contributed by atoms with Crippen molar-refractivity contribution in [3.63, 3.8) is 0 Å². The molecular weight excluding hydrogens is 354 g/mol. The lowest BCUT2D eigenvalue weighted by Gasteiger charge is -2.36. The topological polar surface area (TPSA) is 61.9 Å². The maximum atomic E-state index is 12.3. The maximum absolute atomic E-state index is 12.3. The van der Waals surface area contributed by atoms with E-state index in [1.165, 1.54) is 16.8 Å². The van der Waals surface area contributed by atoms with Crippen molar-refractivity contribution in [2.75, 3.05) is 44.7 Å². The number of methoxy groups -OCH3 is 1. The summed E-state index contributed by atoms with van der Waals surface area (Å²) in [5.41, 5.74) is 4.29. The molecule has 2 amide bonds. The molecule has 1 fully saturated rings. The van der Waals surface area contributed by atoms with Gasteiger partial charge in [-0.15, -0.1) is 0 Å². The van der Waals surface area contributed by atoms with Gasteiger partial charge < -0.3 is 9.64 Å². The SMILES string of the molecule is COc1ccc(C(=O)NC(=O)CN2CCN(c3cccc(C)c3C)CC2)cc1. The van der Waals surface area contributed by atoms with Crippen LogP contribution in [0.15, 0.2) is 42.5 Å². The number of anilines is 1. The fraction of sp³-hybridized carbons (Fsp3) is 0.364. The molecule has 0 spiro atoms. The second kappa shape index (κ2) is 8.89. The molecule has 28 heavy (non-hydrogen) atoms. The first-order valence-corrected chi connectivity index (χ1v) is 9.49. The number of imide groups is 1. The Bertz CT molecular complexity index is 841. The number of carbonyl (C=O) groups is 2. The van der Waals surface area contributed by atoms with Crippen molar-refractivity contribution in [1.29, 1.82) is 0 Å². The number of hydrogen-bond acceptors (Lipinski definition) is 5. The van der Waals surface area contributed by atoms with Gasteiger partial charge in [0.2, 0.25) is 5.91 Å². The lowest BCUT2D eigenvalue weighted by molar-refractivity contribution is -0.121. The minimum absolute atomic E-state index is 0.225. The maximum Gasteiger partial charge on any atom is 0.257 e. The highest BCUT2D eigenvalue weighted by molar-refractivity contribution is 6.05. The molecule has 0 bridgehead atoms. The molecular formula is C22H27N3O3. The molecule has 6 nitrogen and oxygen atoms in total. The normalized spacial score (nSPS) is 14.6. The molecule has 148 valence electrons. The molecule has 3 rings (SSSR count). The summed E-state index contributed by atoms with van der Waals surface area (Å²) in [4.78, 5) is 28.9. The predicted octanol–water partition coefficient (Wildman–Crippen LogP) is 2.39. The van der Waals surface area contributed by atoms with Gasteiger partial charge in [-0.1, -0.05) is 12.1 Å². The zero-order chi connectivity index (χ0) is 20.1. The van der Waals surface area contributed by atoms with Crippen LogP contribution < -0.4 is 15.0 Å². The summed E-state index contributed by atoms with van der Waals surface area (Å²) < 4.78 is 5.08. The van der Waals surface area contributed by atoms with Crippen molar-refractivity contribution in [1.82, 2.24) is 10.2 Å². The van der Waals surface area contributed by atoms with Crippen LogP contribution in [-0.4, -0.2) is 56.5 Å².